The van der Waals surface area contributed by atoms with E-state index in [9.17, 15) is 4.79 Å². The molecule has 1 aromatic carbocycles. The molecule has 5 heteroatoms. The number of methoxy groups -OCH3 is 1. The van der Waals surface area contributed by atoms with Crippen molar-refractivity contribution in [1.82, 2.24) is 0 Å². The molecular formula is C14H18O5. The van der Waals surface area contributed by atoms with Gasteiger partial charge in [0.05, 0.1) is 12.7 Å². The Hall–Kier alpha value is -1.59. The molecule has 1 heterocycles. The highest BCUT2D eigenvalue weighted by Crippen LogP contribution is 2.21. The first-order chi connectivity index (χ1) is 9.19. The number of hydrogen-bond acceptors (Lipinski definition) is 4. The van der Waals surface area contributed by atoms with E-state index in [0.29, 0.717) is 26.1 Å². The van der Waals surface area contributed by atoms with E-state index in [-0.39, 0.29) is 6.10 Å². The first kappa shape index (κ1) is 13.8. The maximum absolute atomic E-state index is 10.8. The van der Waals surface area contributed by atoms with Crippen LogP contribution in [-0.2, 0) is 20.9 Å². The Bertz CT molecular complexity index is 432. The molecule has 2 atom stereocenters. The number of aliphatic carboxylic acids is 1. The average Bonchev–Trinajstić information content (AvgIpc) is 2.86. The van der Waals surface area contributed by atoms with Gasteiger partial charge in [-0.05, 0) is 30.5 Å². The van der Waals surface area contributed by atoms with E-state index in [4.69, 9.17) is 19.3 Å². The molecule has 1 fully saturated rings. The molecule has 1 N–H and O–H groups in total. The van der Waals surface area contributed by atoms with Crippen LogP contribution in [0.5, 0.6) is 5.75 Å². The third-order valence-electron chi connectivity index (χ3n) is 3.03. The Labute approximate surface area is 112 Å². The highest BCUT2D eigenvalue weighted by molar-refractivity contribution is 5.72. The molecular weight excluding hydrogens is 248 g/mol. The SMILES string of the molecule is COCc1cccc(OCC2CCC(C(=O)O)O2)c1. The molecule has 19 heavy (non-hydrogen) atoms. The molecule has 1 aliphatic heterocycles. The van der Waals surface area contributed by atoms with Crippen LogP contribution in [0.1, 0.15) is 18.4 Å². The second kappa shape index (κ2) is 6.54. The standard InChI is InChI=1S/C14H18O5/c1-17-8-10-3-2-4-11(7-10)18-9-12-5-6-13(19-12)14(15)16/h2-4,7,12-13H,5-6,8-9H2,1H3,(H,15,16). The molecule has 1 aliphatic rings. The summed E-state index contributed by atoms with van der Waals surface area (Å²) in [5.74, 6) is -0.151. The summed E-state index contributed by atoms with van der Waals surface area (Å²) in [4.78, 5) is 10.8. The highest BCUT2D eigenvalue weighted by atomic mass is 16.6. The van der Waals surface area contributed by atoms with Crippen LogP contribution in [0.2, 0.25) is 0 Å². The summed E-state index contributed by atoms with van der Waals surface area (Å²) in [6, 6.07) is 7.64. The van der Waals surface area contributed by atoms with Crippen LogP contribution in [0.4, 0.5) is 0 Å². The van der Waals surface area contributed by atoms with E-state index in [2.05, 4.69) is 0 Å². The van der Waals surface area contributed by atoms with Crippen LogP contribution in [0.3, 0.4) is 0 Å². The van der Waals surface area contributed by atoms with Crippen LogP contribution in [0, 0.1) is 0 Å². The van der Waals surface area contributed by atoms with Crippen LogP contribution >= 0.6 is 0 Å². The van der Waals surface area contributed by atoms with E-state index in [1.807, 2.05) is 24.3 Å². The Morgan fingerprint density at radius 3 is 3.00 bits per heavy atom. The average molecular weight is 266 g/mol. The number of carboxylic acid groups (broad SMARTS) is 1. The van der Waals surface area contributed by atoms with Gasteiger partial charge in [0.1, 0.15) is 12.4 Å². The van der Waals surface area contributed by atoms with Gasteiger partial charge in [0.15, 0.2) is 6.10 Å². The largest absolute Gasteiger partial charge is 0.491 e. The topological polar surface area (TPSA) is 65.0 Å². The zero-order valence-corrected chi connectivity index (χ0v) is 10.9. The first-order valence-corrected chi connectivity index (χ1v) is 6.28. The van der Waals surface area contributed by atoms with E-state index >= 15 is 0 Å². The zero-order valence-electron chi connectivity index (χ0n) is 10.9. The maximum atomic E-state index is 10.8. The van der Waals surface area contributed by atoms with Crippen molar-refractivity contribution in [2.45, 2.75) is 31.7 Å². The Kier molecular flexibility index (Phi) is 4.76. The normalized spacial score (nSPS) is 22.4. The number of ether oxygens (including phenoxy) is 3. The fourth-order valence-electron chi connectivity index (χ4n) is 2.09. The van der Waals surface area contributed by atoms with Gasteiger partial charge in [-0.3, -0.25) is 0 Å². The van der Waals surface area contributed by atoms with Crippen molar-refractivity contribution in [2.24, 2.45) is 0 Å². The van der Waals surface area contributed by atoms with Gasteiger partial charge in [-0.1, -0.05) is 12.1 Å². The lowest BCUT2D eigenvalue weighted by Crippen LogP contribution is -2.23. The second-order valence-electron chi connectivity index (χ2n) is 4.55. The van der Waals surface area contributed by atoms with Crippen molar-refractivity contribution in [1.29, 1.82) is 0 Å². The minimum atomic E-state index is -0.899. The molecule has 5 nitrogen and oxygen atoms in total. The third-order valence-corrected chi connectivity index (χ3v) is 3.03. The number of rotatable bonds is 6. The smallest absolute Gasteiger partial charge is 0.332 e. The van der Waals surface area contributed by atoms with Crippen LogP contribution in [0.25, 0.3) is 0 Å². The van der Waals surface area contributed by atoms with Crippen LogP contribution < -0.4 is 4.74 Å². The predicted molar refractivity (Wildman–Crippen MR) is 68.2 cm³/mol. The van der Waals surface area contributed by atoms with E-state index in [0.717, 1.165) is 11.3 Å². The van der Waals surface area contributed by atoms with Gasteiger partial charge >= 0.3 is 5.97 Å². The monoisotopic (exact) mass is 266 g/mol. The van der Waals surface area contributed by atoms with Crippen molar-refractivity contribution >= 4 is 5.97 Å². The maximum Gasteiger partial charge on any atom is 0.332 e. The summed E-state index contributed by atoms with van der Waals surface area (Å²) < 4.78 is 16.1. The minimum Gasteiger partial charge on any atom is -0.491 e. The number of hydrogen-bond donors (Lipinski definition) is 1. The predicted octanol–water partition coefficient (Wildman–Crippen LogP) is 1.84. The first-order valence-electron chi connectivity index (χ1n) is 6.28. The Morgan fingerprint density at radius 1 is 1.47 bits per heavy atom. The summed E-state index contributed by atoms with van der Waals surface area (Å²) in [6.45, 7) is 0.915. The lowest BCUT2D eigenvalue weighted by atomic mass is 10.2. The van der Waals surface area contributed by atoms with Crippen molar-refractivity contribution < 1.29 is 24.1 Å². The summed E-state index contributed by atoms with van der Waals surface area (Å²) >= 11 is 0. The zero-order chi connectivity index (χ0) is 13.7. The Morgan fingerprint density at radius 2 is 2.32 bits per heavy atom. The minimum absolute atomic E-state index is 0.146. The third kappa shape index (κ3) is 3.94. The van der Waals surface area contributed by atoms with Gasteiger partial charge in [0, 0.05) is 7.11 Å². The van der Waals surface area contributed by atoms with Crippen molar-refractivity contribution in [2.75, 3.05) is 13.7 Å². The molecule has 0 saturated carbocycles. The summed E-state index contributed by atoms with van der Waals surface area (Å²) in [7, 11) is 1.64. The number of carboxylic acids is 1. The van der Waals surface area contributed by atoms with Gasteiger partial charge in [-0.2, -0.15) is 0 Å². The van der Waals surface area contributed by atoms with Gasteiger partial charge in [0.2, 0.25) is 0 Å². The molecule has 2 unspecified atom stereocenters. The van der Waals surface area contributed by atoms with Crippen molar-refractivity contribution in [3.05, 3.63) is 29.8 Å². The summed E-state index contributed by atoms with van der Waals surface area (Å²) in [5.41, 5.74) is 1.04. The summed E-state index contributed by atoms with van der Waals surface area (Å²) in [6.07, 6.45) is 0.433. The molecule has 104 valence electrons. The summed E-state index contributed by atoms with van der Waals surface area (Å²) in [5, 5.41) is 8.83. The lowest BCUT2D eigenvalue weighted by molar-refractivity contribution is -0.149. The molecule has 0 bridgehead atoms. The van der Waals surface area contributed by atoms with Gasteiger partial charge < -0.3 is 19.3 Å². The van der Waals surface area contributed by atoms with E-state index < -0.39 is 12.1 Å². The molecule has 0 radical (unpaired) electrons. The lowest BCUT2D eigenvalue weighted by Gasteiger charge is -2.13. The molecule has 0 amide bonds. The molecule has 0 aliphatic carbocycles. The van der Waals surface area contributed by atoms with Crippen molar-refractivity contribution in [3.63, 3.8) is 0 Å². The molecule has 1 saturated heterocycles. The highest BCUT2D eigenvalue weighted by Gasteiger charge is 2.30. The number of carbonyl (C=O) groups is 1. The van der Waals surface area contributed by atoms with Crippen LogP contribution in [0.15, 0.2) is 24.3 Å². The molecule has 2 rings (SSSR count). The van der Waals surface area contributed by atoms with Gasteiger partial charge in [-0.15, -0.1) is 0 Å². The molecule has 1 aromatic rings. The van der Waals surface area contributed by atoms with Gasteiger partial charge in [0.25, 0.3) is 0 Å². The fourth-order valence-corrected chi connectivity index (χ4v) is 2.09. The number of benzene rings is 1. The van der Waals surface area contributed by atoms with E-state index in [1.165, 1.54) is 0 Å². The van der Waals surface area contributed by atoms with Crippen molar-refractivity contribution in [3.8, 4) is 5.75 Å². The fraction of sp³-hybridized carbons (Fsp3) is 0.500. The second-order valence-corrected chi connectivity index (χ2v) is 4.55. The molecule has 0 aromatic heterocycles. The quantitative estimate of drug-likeness (QED) is 0.851. The molecule has 0 spiro atoms. The Balaban J connectivity index is 1.82. The van der Waals surface area contributed by atoms with Gasteiger partial charge in [-0.25, -0.2) is 4.79 Å². The van der Waals surface area contributed by atoms with Crippen LogP contribution in [-0.4, -0.2) is 37.0 Å². The van der Waals surface area contributed by atoms with E-state index in [1.54, 1.807) is 7.11 Å².